The number of pyridine rings is 1. The Bertz CT molecular complexity index is 938. The second-order valence-electron chi connectivity index (χ2n) is 9.93. The van der Waals surface area contributed by atoms with E-state index in [4.69, 9.17) is 24.7 Å². The first-order valence-electron chi connectivity index (χ1n) is 14.3. The van der Waals surface area contributed by atoms with E-state index >= 15 is 0 Å². The van der Waals surface area contributed by atoms with Gasteiger partial charge in [0.05, 0.1) is 0 Å². The lowest BCUT2D eigenvalue weighted by Crippen LogP contribution is -2.49. The molecule has 0 spiro atoms. The van der Waals surface area contributed by atoms with Crippen LogP contribution in [0.5, 0.6) is 0 Å². The van der Waals surface area contributed by atoms with Crippen LogP contribution in [0.25, 0.3) is 0 Å². The zero-order chi connectivity index (χ0) is 28.6. The lowest BCUT2D eigenvalue weighted by molar-refractivity contribution is -0.765. The minimum absolute atomic E-state index is 0.172. The van der Waals surface area contributed by atoms with Crippen molar-refractivity contribution in [2.75, 3.05) is 6.61 Å². The molecule has 0 saturated carbocycles. The zero-order valence-electron chi connectivity index (χ0n) is 23.6. The Kier molecular flexibility index (Phi) is 14.5. The zero-order valence-corrected chi connectivity index (χ0v) is 23.6. The number of ether oxygens (including phenoxy) is 4. The van der Waals surface area contributed by atoms with Crippen LogP contribution in [0.2, 0.25) is 0 Å². The van der Waals surface area contributed by atoms with E-state index in [1.54, 1.807) is 22.9 Å². The lowest BCUT2D eigenvalue weighted by atomic mass is 10.1. The summed E-state index contributed by atoms with van der Waals surface area (Å²) in [5.41, 5.74) is 5.70. The first kappa shape index (κ1) is 32.2. The van der Waals surface area contributed by atoms with Crippen LogP contribution in [-0.2, 0) is 33.3 Å². The van der Waals surface area contributed by atoms with Crippen molar-refractivity contribution in [3.05, 3.63) is 30.1 Å². The van der Waals surface area contributed by atoms with Gasteiger partial charge in [-0.3, -0.25) is 19.2 Å². The number of hydrogen-bond donors (Lipinski definition) is 1. The molecule has 1 amide bonds. The molecule has 1 saturated heterocycles. The van der Waals surface area contributed by atoms with Crippen LogP contribution in [-0.4, -0.2) is 48.7 Å². The van der Waals surface area contributed by atoms with Gasteiger partial charge in [0.2, 0.25) is 6.10 Å². The molecule has 39 heavy (non-hydrogen) atoms. The molecular formula is C29H45N2O8+. The second-order valence-corrected chi connectivity index (χ2v) is 9.93. The van der Waals surface area contributed by atoms with Gasteiger partial charge in [0.1, 0.15) is 18.3 Å². The van der Waals surface area contributed by atoms with E-state index in [0.29, 0.717) is 19.3 Å². The summed E-state index contributed by atoms with van der Waals surface area (Å²) in [5.74, 6) is -1.90. The summed E-state index contributed by atoms with van der Waals surface area (Å²) < 4.78 is 25.0. The maximum absolute atomic E-state index is 12.8. The SMILES string of the molecule is CCCCCC(=O)OCC1O[C@@H]([n+]2cccc(C(N)=O)c2)[C@H](OC(=O)CCCCC)[C@@H]1OC(=O)CCCCC. The van der Waals surface area contributed by atoms with Crippen molar-refractivity contribution < 1.29 is 42.7 Å². The Morgan fingerprint density at radius 3 is 1.90 bits per heavy atom. The molecule has 1 aromatic heterocycles. The minimum atomic E-state index is -1.02. The first-order chi connectivity index (χ1) is 18.8. The van der Waals surface area contributed by atoms with Crippen LogP contribution in [0.15, 0.2) is 24.5 Å². The highest BCUT2D eigenvalue weighted by Gasteiger charge is 2.55. The predicted octanol–water partition coefficient (Wildman–Crippen LogP) is 4.08. The molecule has 1 aromatic rings. The van der Waals surface area contributed by atoms with E-state index in [2.05, 4.69) is 0 Å². The fraction of sp³-hybridized carbons (Fsp3) is 0.690. The third-order valence-electron chi connectivity index (χ3n) is 6.58. The monoisotopic (exact) mass is 549 g/mol. The summed E-state index contributed by atoms with van der Waals surface area (Å²) >= 11 is 0. The molecule has 10 heteroatoms. The van der Waals surface area contributed by atoms with Gasteiger partial charge in [0.25, 0.3) is 5.91 Å². The van der Waals surface area contributed by atoms with Gasteiger partial charge in [-0.05, 0) is 25.3 Å². The van der Waals surface area contributed by atoms with Crippen LogP contribution in [0.4, 0.5) is 0 Å². The van der Waals surface area contributed by atoms with E-state index in [1.807, 2.05) is 20.8 Å². The Morgan fingerprint density at radius 2 is 1.36 bits per heavy atom. The number of primary amides is 1. The van der Waals surface area contributed by atoms with Gasteiger partial charge in [-0.25, -0.2) is 0 Å². The van der Waals surface area contributed by atoms with Crippen molar-refractivity contribution in [1.29, 1.82) is 0 Å². The highest BCUT2D eigenvalue weighted by atomic mass is 16.7. The van der Waals surface area contributed by atoms with E-state index in [1.165, 1.54) is 6.20 Å². The van der Waals surface area contributed by atoms with Gasteiger partial charge in [-0.15, -0.1) is 0 Å². The van der Waals surface area contributed by atoms with Gasteiger partial charge >= 0.3 is 24.1 Å². The van der Waals surface area contributed by atoms with Gasteiger partial charge < -0.3 is 24.7 Å². The Hall–Kier alpha value is -3.01. The van der Waals surface area contributed by atoms with Crippen molar-refractivity contribution in [3.8, 4) is 0 Å². The summed E-state index contributed by atoms with van der Waals surface area (Å²) in [6.45, 7) is 5.95. The Labute approximate surface area is 231 Å². The first-order valence-corrected chi connectivity index (χ1v) is 14.3. The number of carbonyl (C=O) groups is 4. The quantitative estimate of drug-likeness (QED) is 0.125. The van der Waals surface area contributed by atoms with Crippen molar-refractivity contribution in [1.82, 2.24) is 0 Å². The summed E-state index contributed by atoms with van der Waals surface area (Å²) in [6.07, 6.45) is 7.57. The molecule has 2 N–H and O–H groups in total. The van der Waals surface area contributed by atoms with E-state index in [0.717, 1.165) is 38.5 Å². The van der Waals surface area contributed by atoms with Crippen LogP contribution in [0.3, 0.4) is 0 Å². The Balaban J connectivity index is 2.32. The van der Waals surface area contributed by atoms with Crippen molar-refractivity contribution in [3.63, 3.8) is 0 Å². The van der Waals surface area contributed by atoms with Crippen molar-refractivity contribution >= 4 is 23.8 Å². The maximum atomic E-state index is 12.8. The van der Waals surface area contributed by atoms with Crippen LogP contribution >= 0.6 is 0 Å². The van der Waals surface area contributed by atoms with E-state index < -0.39 is 42.4 Å². The topological polar surface area (TPSA) is 135 Å². The molecule has 1 aliphatic heterocycles. The van der Waals surface area contributed by atoms with E-state index in [9.17, 15) is 19.2 Å². The van der Waals surface area contributed by atoms with Crippen LogP contribution in [0.1, 0.15) is 114 Å². The third kappa shape index (κ3) is 10.9. The minimum Gasteiger partial charge on any atom is -0.463 e. The molecule has 1 aliphatic rings. The smallest absolute Gasteiger partial charge is 0.306 e. The average Bonchev–Trinajstić information content (AvgIpc) is 3.24. The van der Waals surface area contributed by atoms with Gasteiger partial charge in [-0.1, -0.05) is 59.3 Å². The van der Waals surface area contributed by atoms with Crippen LogP contribution in [0, 0.1) is 0 Å². The molecule has 0 aliphatic carbocycles. The summed E-state index contributed by atoms with van der Waals surface area (Å²) in [6, 6.07) is 3.18. The van der Waals surface area contributed by atoms with Crippen molar-refractivity contribution in [2.24, 2.45) is 5.73 Å². The molecule has 2 heterocycles. The van der Waals surface area contributed by atoms with E-state index in [-0.39, 0.29) is 37.4 Å². The summed E-state index contributed by atoms with van der Waals surface area (Å²) in [4.78, 5) is 49.7. The lowest BCUT2D eigenvalue weighted by Gasteiger charge is -2.23. The number of nitrogens with two attached hydrogens (primary N) is 1. The number of unbranched alkanes of at least 4 members (excludes halogenated alkanes) is 6. The fourth-order valence-corrected chi connectivity index (χ4v) is 4.37. The number of carbonyl (C=O) groups excluding carboxylic acids is 4. The molecule has 0 aromatic carbocycles. The summed E-state index contributed by atoms with van der Waals surface area (Å²) in [5, 5.41) is 0. The maximum Gasteiger partial charge on any atom is 0.306 e. The third-order valence-corrected chi connectivity index (χ3v) is 6.58. The Morgan fingerprint density at radius 1 is 0.821 bits per heavy atom. The molecule has 4 atom stereocenters. The molecule has 0 bridgehead atoms. The number of nitrogens with zero attached hydrogens (tertiary/aromatic N) is 1. The van der Waals surface area contributed by atoms with Crippen LogP contribution < -0.4 is 10.3 Å². The van der Waals surface area contributed by atoms with Crippen molar-refractivity contribution in [2.45, 2.75) is 122 Å². The normalized spacial score (nSPS) is 20.4. The predicted molar refractivity (Wildman–Crippen MR) is 142 cm³/mol. The molecule has 2 rings (SSSR count). The number of hydrogen-bond acceptors (Lipinski definition) is 8. The number of aromatic nitrogens is 1. The summed E-state index contributed by atoms with van der Waals surface area (Å²) in [7, 11) is 0. The standard InChI is InChI=1S/C29H44N2O8/c1-4-7-10-15-23(32)36-20-22-26(38-24(33)16-11-8-5-2)27(39-25(34)17-12-9-6-3)29(37-22)31-18-13-14-21(19-31)28(30)35/h13-14,18-19,22,26-27,29H,4-12,15-17,20H2,1-3H3,(H-,30,35)/p+1/t22?,26-,27-,29-/m1/s1. The molecule has 1 fully saturated rings. The highest BCUT2D eigenvalue weighted by Crippen LogP contribution is 2.32. The molecule has 218 valence electrons. The molecule has 10 nitrogen and oxygen atoms in total. The molecule has 0 radical (unpaired) electrons. The second kappa shape index (κ2) is 17.6. The van der Waals surface area contributed by atoms with Gasteiger partial charge in [0.15, 0.2) is 18.5 Å². The van der Waals surface area contributed by atoms with Gasteiger partial charge in [0, 0.05) is 25.3 Å². The number of amides is 1. The van der Waals surface area contributed by atoms with Gasteiger partial charge in [-0.2, -0.15) is 4.57 Å². The number of esters is 3. The average molecular weight is 550 g/mol. The fourth-order valence-electron chi connectivity index (χ4n) is 4.37. The molecule has 1 unspecified atom stereocenters. The molecular weight excluding hydrogens is 504 g/mol. The highest BCUT2D eigenvalue weighted by molar-refractivity contribution is 5.92. The largest absolute Gasteiger partial charge is 0.463 e. The number of rotatable bonds is 18.